The average Bonchev–Trinajstić information content (AvgIpc) is 2.50. The molecule has 0 aliphatic rings. The number of sulfone groups is 1. The van der Waals surface area contributed by atoms with E-state index in [1.54, 1.807) is 0 Å². The van der Waals surface area contributed by atoms with Crippen LogP contribution in [0, 0.1) is 0 Å². The first-order chi connectivity index (χ1) is 11.0. The molecule has 6 nitrogen and oxygen atoms in total. The van der Waals surface area contributed by atoms with Gasteiger partial charge in [0.05, 0.1) is 16.9 Å². The van der Waals surface area contributed by atoms with Crippen molar-refractivity contribution in [1.29, 1.82) is 0 Å². The van der Waals surface area contributed by atoms with Crippen LogP contribution in [-0.2, 0) is 20.8 Å². The number of benzene rings is 1. The van der Waals surface area contributed by atoms with Crippen LogP contribution < -0.4 is 5.32 Å². The van der Waals surface area contributed by atoms with Crippen LogP contribution in [0.5, 0.6) is 0 Å². The summed E-state index contributed by atoms with van der Waals surface area (Å²) in [7, 11) is -3.47. The monoisotopic (exact) mass is 367 g/mol. The first-order valence-corrected chi connectivity index (χ1v) is 8.70. The number of rotatable bonds is 7. The number of amides is 1. The van der Waals surface area contributed by atoms with E-state index in [0.717, 1.165) is 12.1 Å². The van der Waals surface area contributed by atoms with Crippen molar-refractivity contribution in [2.45, 2.75) is 25.6 Å². The van der Waals surface area contributed by atoms with Crippen LogP contribution >= 0.6 is 0 Å². The second-order valence-electron chi connectivity index (χ2n) is 4.93. The SMILES string of the molecule is CCS(=O)(=O)CCC(NC(=O)c1ccccc1C(F)(F)F)C(=O)O. The van der Waals surface area contributed by atoms with E-state index >= 15 is 0 Å². The summed E-state index contributed by atoms with van der Waals surface area (Å²) >= 11 is 0. The molecule has 0 fully saturated rings. The van der Waals surface area contributed by atoms with Crippen LogP contribution in [0.3, 0.4) is 0 Å². The van der Waals surface area contributed by atoms with Gasteiger partial charge in [-0.2, -0.15) is 13.2 Å². The van der Waals surface area contributed by atoms with E-state index in [1.165, 1.54) is 13.0 Å². The highest BCUT2D eigenvalue weighted by atomic mass is 32.2. The predicted octanol–water partition coefficient (Wildman–Crippen LogP) is 1.71. The van der Waals surface area contributed by atoms with Crippen molar-refractivity contribution >= 4 is 21.7 Å². The molecule has 0 saturated heterocycles. The third-order valence-electron chi connectivity index (χ3n) is 3.24. The van der Waals surface area contributed by atoms with Crippen molar-refractivity contribution in [3.8, 4) is 0 Å². The normalized spacial score (nSPS) is 13.3. The van der Waals surface area contributed by atoms with Gasteiger partial charge < -0.3 is 10.4 Å². The smallest absolute Gasteiger partial charge is 0.417 e. The van der Waals surface area contributed by atoms with Gasteiger partial charge in [-0.25, -0.2) is 13.2 Å². The van der Waals surface area contributed by atoms with Crippen LogP contribution in [0.1, 0.15) is 29.3 Å². The third-order valence-corrected chi connectivity index (χ3v) is 4.98. The number of carbonyl (C=O) groups is 2. The minimum Gasteiger partial charge on any atom is -0.480 e. The highest BCUT2D eigenvalue weighted by Gasteiger charge is 2.35. The molecule has 0 saturated carbocycles. The van der Waals surface area contributed by atoms with Gasteiger partial charge in [0.1, 0.15) is 15.9 Å². The molecular weight excluding hydrogens is 351 g/mol. The molecule has 1 amide bonds. The number of nitrogens with one attached hydrogen (secondary N) is 1. The zero-order valence-electron chi connectivity index (χ0n) is 12.6. The molecule has 0 heterocycles. The minimum atomic E-state index is -4.78. The Kier molecular flexibility index (Phi) is 6.35. The van der Waals surface area contributed by atoms with Gasteiger partial charge in [0.25, 0.3) is 5.91 Å². The highest BCUT2D eigenvalue weighted by molar-refractivity contribution is 7.91. The van der Waals surface area contributed by atoms with Crippen molar-refractivity contribution in [2.75, 3.05) is 11.5 Å². The predicted molar refractivity (Wildman–Crippen MR) is 79.3 cm³/mol. The lowest BCUT2D eigenvalue weighted by atomic mass is 10.1. The first-order valence-electron chi connectivity index (χ1n) is 6.88. The Hall–Kier alpha value is -2.10. The summed E-state index contributed by atoms with van der Waals surface area (Å²) in [5.74, 6) is -3.46. The summed E-state index contributed by atoms with van der Waals surface area (Å²) in [6, 6.07) is 2.32. The Balaban J connectivity index is 2.97. The number of alkyl halides is 3. The number of halogens is 3. The number of carbonyl (C=O) groups excluding carboxylic acids is 1. The maximum absolute atomic E-state index is 12.9. The summed E-state index contributed by atoms with van der Waals surface area (Å²) < 4.78 is 61.5. The Bertz CT molecular complexity index is 715. The Morgan fingerprint density at radius 1 is 1.25 bits per heavy atom. The lowest BCUT2D eigenvalue weighted by Gasteiger charge is -2.17. The van der Waals surface area contributed by atoms with E-state index in [4.69, 9.17) is 5.11 Å². The van der Waals surface area contributed by atoms with E-state index in [1.807, 2.05) is 5.32 Å². The molecule has 0 aliphatic carbocycles. The van der Waals surface area contributed by atoms with Crippen LogP contribution in [0.15, 0.2) is 24.3 Å². The highest BCUT2D eigenvalue weighted by Crippen LogP contribution is 2.31. The summed E-state index contributed by atoms with van der Waals surface area (Å²) in [4.78, 5) is 23.1. The number of hydrogen-bond acceptors (Lipinski definition) is 4. The summed E-state index contributed by atoms with van der Waals surface area (Å²) in [6.45, 7) is 1.38. The zero-order chi connectivity index (χ0) is 18.5. The summed E-state index contributed by atoms with van der Waals surface area (Å²) in [5.41, 5.74) is -1.93. The van der Waals surface area contributed by atoms with Gasteiger partial charge in [-0.05, 0) is 18.6 Å². The zero-order valence-corrected chi connectivity index (χ0v) is 13.4. The summed E-state index contributed by atoms with van der Waals surface area (Å²) in [6.07, 6.45) is -5.22. The molecule has 0 bridgehead atoms. The lowest BCUT2D eigenvalue weighted by molar-refractivity contribution is -0.139. The molecule has 24 heavy (non-hydrogen) atoms. The molecule has 1 aromatic carbocycles. The van der Waals surface area contributed by atoms with Gasteiger partial charge in [0, 0.05) is 5.75 Å². The fourth-order valence-electron chi connectivity index (χ4n) is 1.86. The molecule has 0 radical (unpaired) electrons. The van der Waals surface area contributed by atoms with Gasteiger partial charge in [-0.3, -0.25) is 4.79 Å². The topological polar surface area (TPSA) is 101 Å². The van der Waals surface area contributed by atoms with Gasteiger partial charge in [-0.1, -0.05) is 19.1 Å². The van der Waals surface area contributed by atoms with E-state index in [0.29, 0.717) is 6.07 Å². The Labute approximate surface area is 136 Å². The molecule has 0 spiro atoms. The Morgan fingerprint density at radius 2 is 1.83 bits per heavy atom. The fourth-order valence-corrected chi connectivity index (χ4v) is 2.75. The maximum Gasteiger partial charge on any atom is 0.417 e. The second-order valence-corrected chi connectivity index (χ2v) is 7.41. The van der Waals surface area contributed by atoms with E-state index < -0.39 is 57.2 Å². The fraction of sp³-hybridized carbons (Fsp3) is 0.429. The van der Waals surface area contributed by atoms with Crippen molar-refractivity contribution in [3.05, 3.63) is 35.4 Å². The van der Waals surface area contributed by atoms with Crippen LogP contribution in [0.4, 0.5) is 13.2 Å². The molecular formula is C14H16F3NO5S. The average molecular weight is 367 g/mol. The molecule has 0 aliphatic heterocycles. The standard InChI is InChI=1S/C14H16F3NO5S/c1-2-24(22,23)8-7-11(13(20)21)18-12(19)9-5-3-4-6-10(9)14(15,16)17/h3-6,11H,2,7-8H2,1H3,(H,18,19)(H,20,21). The van der Waals surface area contributed by atoms with Crippen LogP contribution in [-0.4, -0.2) is 42.9 Å². The van der Waals surface area contributed by atoms with Crippen molar-refractivity contribution in [1.82, 2.24) is 5.32 Å². The molecule has 0 aromatic heterocycles. The van der Waals surface area contributed by atoms with Crippen molar-refractivity contribution in [3.63, 3.8) is 0 Å². The Morgan fingerprint density at radius 3 is 2.33 bits per heavy atom. The number of hydrogen-bond donors (Lipinski definition) is 2. The van der Waals surface area contributed by atoms with Gasteiger partial charge in [0.15, 0.2) is 0 Å². The molecule has 1 unspecified atom stereocenters. The molecule has 1 aromatic rings. The number of carboxylic acids is 1. The largest absolute Gasteiger partial charge is 0.480 e. The quantitative estimate of drug-likeness (QED) is 0.764. The van der Waals surface area contributed by atoms with Crippen molar-refractivity contribution in [2.24, 2.45) is 0 Å². The van der Waals surface area contributed by atoms with Gasteiger partial charge in [-0.15, -0.1) is 0 Å². The van der Waals surface area contributed by atoms with E-state index in [9.17, 15) is 31.2 Å². The van der Waals surface area contributed by atoms with Crippen LogP contribution in [0.25, 0.3) is 0 Å². The van der Waals surface area contributed by atoms with Gasteiger partial charge in [0.2, 0.25) is 0 Å². The molecule has 1 rings (SSSR count). The lowest BCUT2D eigenvalue weighted by Crippen LogP contribution is -2.42. The first kappa shape index (κ1) is 19.9. The van der Waals surface area contributed by atoms with Crippen LogP contribution in [0.2, 0.25) is 0 Å². The van der Waals surface area contributed by atoms with Crippen molar-refractivity contribution < 1.29 is 36.3 Å². The summed E-state index contributed by atoms with van der Waals surface area (Å²) in [5, 5.41) is 11.0. The number of aliphatic carboxylic acids is 1. The maximum atomic E-state index is 12.9. The van der Waals surface area contributed by atoms with E-state index in [-0.39, 0.29) is 5.75 Å². The molecule has 10 heteroatoms. The van der Waals surface area contributed by atoms with Gasteiger partial charge >= 0.3 is 12.1 Å². The minimum absolute atomic E-state index is 0.204. The second kappa shape index (κ2) is 7.65. The number of carboxylic acid groups (broad SMARTS) is 1. The third kappa shape index (κ3) is 5.52. The van der Waals surface area contributed by atoms with E-state index in [2.05, 4.69) is 0 Å². The molecule has 1 atom stereocenters. The molecule has 134 valence electrons. The molecule has 2 N–H and O–H groups in total.